The first-order chi connectivity index (χ1) is 11.7. The highest BCUT2D eigenvalue weighted by Crippen LogP contribution is 2.28. The Balaban J connectivity index is 1.55. The topological polar surface area (TPSA) is 54.9 Å². The normalized spacial score (nSPS) is 15.9. The Morgan fingerprint density at radius 3 is 2.71 bits per heavy atom. The van der Waals surface area contributed by atoms with Crippen LogP contribution in [0.2, 0.25) is 0 Å². The fourth-order valence-electron chi connectivity index (χ4n) is 2.16. The average molecular weight is 337 g/mol. The van der Waals surface area contributed by atoms with Crippen LogP contribution in [-0.2, 0) is 4.74 Å². The molecule has 5 nitrogen and oxygen atoms in total. The first-order valence-electron chi connectivity index (χ1n) is 8.62. The van der Waals surface area contributed by atoms with E-state index in [1.807, 2.05) is 6.92 Å². The summed E-state index contributed by atoms with van der Waals surface area (Å²) >= 11 is 0. The summed E-state index contributed by atoms with van der Waals surface area (Å²) < 4.78 is 24.2. The standard InChI is InChI=1S/C18H28FN3O2/c1-14(24-17-8-6-16(19)7-9-17)12-22-18(20-2)21-10-3-11-23-13-15-4-5-15/h6-9,14-15H,3-5,10-13H2,1-2H3,(H2,20,21,22). The maximum atomic E-state index is 12.9. The Kier molecular flexibility index (Phi) is 7.82. The van der Waals surface area contributed by atoms with E-state index >= 15 is 0 Å². The molecule has 0 heterocycles. The lowest BCUT2D eigenvalue weighted by Gasteiger charge is -2.17. The van der Waals surface area contributed by atoms with Gasteiger partial charge in [0.05, 0.1) is 6.54 Å². The van der Waals surface area contributed by atoms with Crippen molar-refractivity contribution in [3.8, 4) is 5.75 Å². The number of nitrogens with zero attached hydrogens (tertiary/aromatic N) is 1. The highest BCUT2D eigenvalue weighted by molar-refractivity contribution is 5.79. The lowest BCUT2D eigenvalue weighted by molar-refractivity contribution is 0.123. The summed E-state index contributed by atoms with van der Waals surface area (Å²) in [7, 11) is 1.74. The van der Waals surface area contributed by atoms with Gasteiger partial charge in [-0.1, -0.05) is 0 Å². The molecule has 1 unspecified atom stereocenters. The number of halogens is 1. The number of nitrogens with one attached hydrogen (secondary N) is 2. The van der Waals surface area contributed by atoms with Crippen molar-refractivity contribution >= 4 is 5.96 Å². The lowest BCUT2D eigenvalue weighted by atomic mass is 10.3. The van der Waals surface area contributed by atoms with Gasteiger partial charge in [-0.25, -0.2) is 4.39 Å². The number of ether oxygens (including phenoxy) is 2. The molecular formula is C18H28FN3O2. The van der Waals surface area contributed by atoms with Gasteiger partial charge in [0.1, 0.15) is 17.7 Å². The molecule has 0 aliphatic heterocycles. The van der Waals surface area contributed by atoms with E-state index in [9.17, 15) is 4.39 Å². The van der Waals surface area contributed by atoms with Crippen LogP contribution in [0.25, 0.3) is 0 Å². The SMILES string of the molecule is CN=C(NCCCOCC1CC1)NCC(C)Oc1ccc(F)cc1. The zero-order valence-corrected chi connectivity index (χ0v) is 14.6. The van der Waals surface area contributed by atoms with E-state index in [2.05, 4.69) is 15.6 Å². The molecular weight excluding hydrogens is 309 g/mol. The quantitative estimate of drug-likeness (QED) is 0.391. The van der Waals surface area contributed by atoms with Gasteiger partial charge in [-0.3, -0.25) is 4.99 Å². The smallest absolute Gasteiger partial charge is 0.191 e. The summed E-state index contributed by atoms with van der Waals surface area (Å²) in [5.41, 5.74) is 0. The Morgan fingerprint density at radius 2 is 2.04 bits per heavy atom. The third kappa shape index (κ3) is 7.64. The van der Waals surface area contributed by atoms with Crippen molar-refractivity contribution in [2.75, 3.05) is 33.4 Å². The van der Waals surface area contributed by atoms with E-state index in [1.165, 1.54) is 25.0 Å². The van der Waals surface area contributed by atoms with Gasteiger partial charge in [0.25, 0.3) is 0 Å². The largest absolute Gasteiger partial charge is 0.489 e. The zero-order valence-electron chi connectivity index (χ0n) is 14.6. The molecule has 1 aliphatic rings. The van der Waals surface area contributed by atoms with E-state index in [0.717, 1.165) is 38.1 Å². The van der Waals surface area contributed by atoms with Gasteiger partial charge >= 0.3 is 0 Å². The maximum Gasteiger partial charge on any atom is 0.191 e. The van der Waals surface area contributed by atoms with E-state index < -0.39 is 0 Å². The highest BCUT2D eigenvalue weighted by atomic mass is 19.1. The summed E-state index contributed by atoms with van der Waals surface area (Å²) in [6, 6.07) is 6.03. The molecule has 0 radical (unpaired) electrons. The minimum atomic E-state index is -0.265. The molecule has 0 aromatic heterocycles. The molecule has 2 rings (SSSR count). The molecule has 0 amide bonds. The van der Waals surface area contributed by atoms with Crippen LogP contribution in [0.1, 0.15) is 26.2 Å². The Bertz CT molecular complexity index is 503. The number of hydrogen-bond acceptors (Lipinski definition) is 3. The molecule has 1 atom stereocenters. The van der Waals surface area contributed by atoms with Gasteiger partial charge < -0.3 is 20.1 Å². The van der Waals surface area contributed by atoms with Gasteiger partial charge in [-0.05, 0) is 56.4 Å². The Hall–Kier alpha value is -1.82. The first-order valence-corrected chi connectivity index (χ1v) is 8.62. The van der Waals surface area contributed by atoms with Crippen LogP contribution >= 0.6 is 0 Å². The van der Waals surface area contributed by atoms with Gasteiger partial charge in [-0.2, -0.15) is 0 Å². The van der Waals surface area contributed by atoms with E-state index in [0.29, 0.717) is 12.3 Å². The highest BCUT2D eigenvalue weighted by Gasteiger charge is 2.20. The molecule has 24 heavy (non-hydrogen) atoms. The molecule has 0 bridgehead atoms. The molecule has 1 aromatic carbocycles. The molecule has 0 spiro atoms. The molecule has 1 saturated carbocycles. The van der Waals surface area contributed by atoms with E-state index in [4.69, 9.17) is 9.47 Å². The fraction of sp³-hybridized carbons (Fsp3) is 0.611. The monoisotopic (exact) mass is 337 g/mol. The summed E-state index contributed by atoms with van der Waals surface area (Å²) in [6.45, 7) is 5.07. The number of rotatable bonds is 10. The second kappa shape index (κ2) is 10.1. The van der Waals surface area contributed by atoms with Crippen molar-refractivity contribution < 1.29 is 13.9 Å². The Labute approximate surface area is 143 Å². The van der Waals surface area contributed by atoms with Crippen LogP contribution in [0.4, 0.5) is 4.39 Å². The van der Waals surface area contributed by atoms with Gasteiger partial charge in [0.2, 0.25) is 0 Å². The minimum Gasteiger partial charge on any atom is -0.489 e. The van der Waals surface area contributed by atoms with E-state index in [1.54, 1.807) is 19.2 Å². The van der Waals surface area contributed by atoms with Crippen molar-refractivity contribution in [1.29, 1.82) is 0 Å². The summed E-state index contributed by atoms with van der Waals surface area (Å²) in [4.78, 5) is 4.18. The number of hydrogen-bond donors (Lipinski definition) is 2. The summed E-state index contributed by atoms with van der Waals surface area (Å²) in [5.74, 6) is 1.95. The van der Waals surface area contributed by atoms with Crippen LogP contribution < -0.4 is 15.4 Å². The fourth-order valence-corrected chi connectivity index (χ4v) is 2.16. The van der Waals surface area contributed by atoms with Crippen molar-refractivity contribution in [3.05, 3.63) is 30.1 Å². The molecule has 1 aliphatic carbocycles. The van der Waals surface area contributed by atoms with Crippen LogP contribution in [0.5, 0.6) is 5.75 Å². The Morgan fingerprint density at radius 1 is 1.29 bits per heavy atom. The zero-order chi connectivity index (χ0) is 17.2. The lowest BCUT2D eigenvalue weighted by Crippen LogP contribution is -2.42. The van der Waals surface area contributed by atoms with Gasteiger partial charge in [0, 0.05) is 26.8 Å². The third-order valence-electron chi connectivity index (χ3n) is 3.74. The van der Waals surface area contributed by atoms with E-state index in [-0.39, 0.29) is 11.9 Å². The number of aliphatic imine (C=N–C) groups is 1. The predicted octanol–water partition coefficient (Wildman–Crippen LogP) is 2.57. The van der Waals surface area contributed by atoms with Crippen molar-refractivity contribution in [2.45, 2.75) is 32.3 Å². The van der Waals surface area contributed by atoms with Crippen molar-refractivity contribution in [2.24, 2.45) is 10.9 Å². The van der Waals surface area contributed by atoms with Crippen molar-refractivity contribution in [1.82, 2.24) is 10.6 Å². The van der Waals surface area contributed by atoms with Crippen LogP contribution in [0.15, 0.2) is 29.3 Å². The average Bonchev–Trinajstić information content (AvgIpc) is 3.40. The maximum absolute atomic E-state index is 12.9. The second-order valence-electron chi connectivity index (χ2n) is 6.13. The summed E-state index contributed by atoms with van der Waals surface area (Å²) in [6.07, 6.45) is 3.55. The van der Waals surface area contributed by atoms with Gasteiger partial charge in [0.15, 0.2) is 5.96 Å². The number of benzene rings is 1. The molecule has 2 N–H and O–H groups in total. The minimum absolute atomic E-state index is 0.0594. The van der Waals surface area contributed by atoms with Crippen LogP contribution in [-0.4, -0.2) is 45.4 Å². The first kappa shape index (κ1) is 18.5. The van der Waals surface area contributed by atoms with Crippen molar-refractivity contribution in [3.63, 3.8) is 0 Å². The van der Waals surface area contributed by atoms with Gasteiger partial charge in [-0.15, -0.1) is 0 Å². The molecule has 1 fully saturated rings. The molecule has 1 aromatic rings. The van der Waals surface area contributed by atoms with Crippen LogP contribution in [0.3, 0.4) is 0 Å². The predicted molar refractivity (Wildman–Crippen MR) is 94.0 cm³/mol. The molecule has 6 heteroatoms. The molecule has 0 saturated heterocycles. The number of guanidine groups is 1. The molecule has 134 valence electrons. The second-order valence-corrected chi connectivity index (χ2v) is 6.13. The summed E-state index contributed by atoms with van der Waals surface area (Å²) in [5, 5.41) is 6.47. The van der Waals surface area contributed by atoms with Crippen LogP contribution in [0, 0.1) is 11.7 Å². The third-order valence-corrected chi connectivity index (χ3v) is 3.74.